The summed E-state index contributed by atoms with van der Waals surface area (Å²) in [5.41, 5.74) is 15.8. The van der Waals surface area contributed by atoms with Gasteiger partial charge in [0.15, 0.2) is 0 Å². The van der Waals surface area contributed by atoms with Crippen molar-refractivity contribution in [2.45, 2.75) is 6.92 Å². The fourth-order valence-corrected chi connectivity index (χ4v) is 2.78. The molecular weight excluding hydrogens is 901 g/mol. The summed E-state index contributed by atoms with van der Waals surface area (Å²) >= 11 is 0. The molecule has 56 heavy (non-hydrogen) atoms. The summed E-state index contributed by atoms with van der Waals surface area (Å²) in [5.74, 6) is 0. The van der Waals surface area contributed by atoms with Gasteiger partial charge in [-0.1, -0.05) is 24.3 Å². The minimum atomic E-state index is -10.7. The van der Waals surface area contributed by atoms with Crippen molar-refractivity contribution in [3.05, 3.63) is 147 Å². The van der Waals surface area contributed by atoms with Crippen molar-refractivity contribution in [2.24, 2.45) is 0 Å². The topological polar surface area (TPSA) is 153 Å². The number of nitrogens with two attached hydrogens (primary N) is 2. The molecule has 0 fully saturated rings. The van der Waals surface area contributed by atoms with E-state index < -0.39 is 15.6 Å². The van der Waals surface area contributed by atoms with E-state index in [9.17, 15) is 50.4 Å². The van der Waals surface area contributed by atoms with Gasteiger partial charge in [-0.25, -0.2) is 0 Å². The molecule has 0 unspecified atom stereocenters. The molecule has 0 amide bonds. The summed E-state index contributed by atoms with van der Waals surface area (Å²) in [6.45, 7) is 1.43. The molecule has 0 atom stereocenters. The molecule has 0 spiro atoms. The fraction of sp³-hybridized carbons (Fsp3) is 0.0312. The van der Waals surface area contributed by atoms with Gasteiger partial charge in [0, 0.05) is 67.9 Å². The van der Waals surface area contributed by atoms with Crippen molar-refractivity contribution in [1.82, 2.24) is 29.9 Å². The molecular formula is C32H31F12N9P2Ru. The second-order valence-electron chi connectivity index (χ2n) is 9.56. The molecule has 9 nitrogen and oxygen atoms in total. The average molecular weight is 933 g/mol. The number of rotatable bonds is 2. The first-order valence-corrected chi connectivity index (χ1v) is 18.5. The molecule has 6 aromatic rings. The normalized spacial score (nSPS) is 12.2. The van der Waals surface area contributed by atoms with Crippen LogP contribution in [-0.4, -0.2) is 29.9 Å². The molecule has 4 N–H and O–H groups in total. The van der Waals surface area contributed by atoms with Crippen LogP contribution < -0.4 is 11.5 Å². The summed E-state index contributed by atoms with van der Waals surface area (Å²) in [7, 11) is -21.3. The first kappa shape index (κ1) is 52.7. The maximum atomic E-state index is 9.87. The van der Waals surface area contributed by atoms with Crippen LogP contribution in [0.1, 0.15) is 6.92 Å². The molecule has 6 rings (SSSR count). The predicted octanol–water partition coefficient (Wildman–Crippen LogP) is 12.9. The van der Waals surface area contributed by atoms with E-state index in [1.54, 1.807) is 79.9 Å². The van der Waals surface area contributed by atoms with Crippen LogP contribution in [0.4, 0.5) is 61.7 Å². The molecule has 0 radical (unpaired) electrons. The molecule has 306 valence electrons. The third-order valence-electron chi connectivity index (χ3n) is 4.60. The third-order valence-corrected chi connectivity index (χ3v) is 4.60. The molecule has 0 aliphatic heterocycles. The molecule has 0 saturated heterocycles. The molecule has 0 aliphatic carbocycles. The zero-order chi connectivity index (χ0) is 42.2. The summed E-state index contributed by atoms with van der Waals surface area (Å²) in [5, 5.41) is 7.32. The second kappa shape index (κ2) is 21.7. The van der Waals surface area contributed by atoms with Gasteiger partial charge in [-0.3, -0.25) is 29.9 Å². The Morgan fingerprint density at radius 3 is 0.696 bits per heavy atom. The van der Waals surface area contributed by atoms with E-state index in [-0.39, 0.29) is 19.5 Å². The van der Waals surface area contributed by atoms with Gasteiger partial charge < -0.3 is 11.5 Å². The van der Waals surface area contributed by atoms with E-state index in [1.165, 1.54) is 6.92 Å². The number of pyridine rings is 6. The maximum absolute atomic E-state index is 10.7. The summed E-state index contributed by atoms with van der Waals surface area (Å²) in [6.07, 6.45) is 13.7. The first-order valence-electron chi connectivity index (χ1n) is 14.4. The first-order chi connectivity index (χ1) is 25.0. The van der Waals surface area contributed by atoms with Crippen molar-refractivity contribution >= 4 is 27.0 Å². The van der Waals surface area contributed by atoms with E-state index in [0.29, 0.717) is 0 Å². The van der Waals surface area contributed by atoms with Crippen LogP contribution in [0.2, 0.25) is 0 Å². The Labute approximate surface area is 325 Å². The number of anilines is 2. The zero-order valence-corrected chi connectivity index (χ0v) is 32.0. The Hall–Kier alpha value is -5.37. The standard InChI is InChI=1S/2C10H8N2.2C5H6N2.C2H3N.2F6P.Ru/c2*1-3-7-11-9(5-1)10-6-2-4-8-12-10;2*6-5-1-3-7-4-2-5;1-2-3;2*1-7(2,3,4,5)6;/h2*1-8H;2*1-4H,(H2,6,7);1H3;;;/q;;;;;2*-1;+2. The van der Waals surface area contributed by atoms with Gasteiger partial charge in [-0.2, -0.15) is 5.26 Å². The van der Waals surface area contributed by atoms with Gasteiger partial charge in [-0.15, -0.1) is 0 Å². The Bertz CT molecular complexity index is 1720. The molecule has 0 bridgehead atoms. The smallest absolute Gasteiger partial charge is 0.399 e. The number of hydrogen-bond acceptors (Lipinski definition) is 9. The van der Waals surface area contributed by atoms with Gasteiger partial charge in [0.25, 0.3) is 0 Å². The number of nitrogen functional groups attached to an aromatic ring is 2. The van der Waals surface area contributed by atoms with Crippen molar-refractivity contribution in [2.75, 3.05) is 11.5 Å². The van der Waals surface area contributed by atoms with Gasteiger partial charge in [-0.05, 0) is 72.8 Å². The van der Waals surface area contributed by atoms with Crippen molar-refractivity contribution < 1.29 is 69.8 Å². The van der Waals surface area contributed by atoms with Gasteiger partial charge >= 0.3 is 85.5 Å². The summed E-state index contributed by atoms with van der Waals surface area (Å²) in [4.78, 5) is 24.3. The Kier molecular flexibility index (Phi) is 20.4. The molecule has 0 aromatic carbocycles. The molecule has 0 aliphatic rings. The third kappa shape index (κ3) is 43.0. The Morgan fingerprint density at radius 2 is 0.589 bits per heavy atom. The van der Waals surface area contributed by atoms with Crippen LogP contribution in [0, 0.1) is 11.3 Å². The van der Waals surface area contributed by atoms with Crippen molar-refractivity contribution in [3.8, 4) is 28.8 Å². The molecule has 24 heteroatoms. The largest absolute Gasteiger partial charge is 2.00 e. The van der Waals surface area contributed by atoms with E-state index in [0.717, 1.165) is 34.2 Å². The van der Waals surface area contributed by atoms with Crippen molar-refractivity contribution in [1.29, 1.82) is 5.26 Å². The van der Waals surface area contributed by atoms with E-state index in [2.05, 4.69) is 29.9 Å². The van der Waals surface area contributed by atoms with E-state index >= 15 is 0 Å². The Balaban J connectivity index is 0. The quantitative estimate of drug-likeness (QED) is 0.0981. The van der Waals surface area contributed by atoms with Crippen LogP contribution in [-0.2, 0) is 19.5 Å². The monoisotopic (exact) mass is 933 g/mol. The Morgan fingerprint density at radius 1 is 0.411 bits per heavy atom. The SMILES string of the molecule is CC#N.F[P-](F)(F)(F)(F)F.F[P-](F)(F)(F)(F)F.Nc1ccncc1.Nc1ccncc1.[Ru+2].c1ccc(-c2ccccn2)nc1.c1ccc(-c2ccccn2)nc1. The number of nitriles is 1. The number of nitrogens with zero attached hydrogens (tertiary/aromatic N) is 7. The van der Waals surface area contributed by atoms with Gasteiger partial charge in [0.1, 0.15) is 0 Å². The number of hydrogen-bond donors (Lipinski definition) is 2. The number of halogens is 12. The molecule has 6 heterocycles. The number of aromatic nitrogens is 6. The van der Waals surface area contributed by atoms with Crippen LogP contribution in [0.25, 0.3) is 22.8 Å². The van der Waals surface area contributed by atoms with Crippen LogP contribution in [0.15, 0.2) is 147 Å². The average Bonchev–Trinajstić information content (AvgIpc) is 3.09. The summed E-state index contributed by atoms with van der Waals surface area (Å²) in [6, 6.07) is 31.9. The fourth-order valence-electron chi connectivity index (χ4n) is 2.78. The zero-order valence-electron chi connectivity index (χ0n) is 28.4. The summed E-state index contributed by atoms with van der Waals surface area (Å²) < 4.78 is 118. The van der Waals surface area contributed by atoms with Crippen molar-refractivity contribution in [3.63, 3.8) is 0 Å². The molecule has 0 saturated carbocycles. The predicted molar refractivity (Wildman–Crippen MR) is 191 cm³/mol. The van der Waals surface area contributed by atoms with E-state index in [4.69, 9.17) is 16.7 Å². The maximum Gasteiger partial charge on any atom is 2.00 e. The van der Waals surface area contributed by atoms with Crippen LogP contribution in [0.3, 0.4) is 0 Å². The molecule has 6 aromatic heterocycles. The van der Waals surface area contributed by atoms with Crippen LogP contribution in [0.5, 0.6) is 0 Å². The van der Waals surface area contributed by atoms with Gasteiger partial charge in [0.2, 0.25) is 0 Å². The second-order valence-corrected chi connectivity index (χ2v) is 13.4. The minimum Gasteiger partial charge on any atom is -0.399 e. The van der Waals surface area contributed by atoms with E-state index in [1.807, 2.05) is 72.8 Å². The van der Waals surface area contributed by atoms with Gasteiger partial charge in [0.05, 0.1) is 28.8 Å². The van der Waals surface area contributed by atoms with Crippen LogP contribution >= 0.6 is 15.6 Å². The minimum absolute atomic E-state index is 0.